The molecule has 3 rings (SSSR count). The van der Waals surface area contributed by atoms with Crippen molar-refractivity contribution in [2.75, 3.05) is 0 Å². The first-order valence-electron chi connectivity index (χ1n) is 6.15. The second-order valence-electron chi connectivity index (χ2n) is 4.41. The Kier molecular flexibility index (Phi) is 4.54. The fourth-order valence-corrected chi connectivity index (χ4v) is 4.01. The van der Waals surface area contributed by atoms with E-state index in [9.17, 15) is 0 Å². The van der Waals surface area contributed by atoms with E-state index in [1.165, 1.54) is 0 Å². The summed E-state index contributed by atoms with van der Waals surface area (Å²) in [5.41, 5.74) is 2.19. The number of hydrogen-bond donors (Lipinski definition) is 0. The van der Waals surface area contributed by atoms with Gasteiger partial charge in [-0.15, -0.1) is 10.2 Å². The summed E-state index contributed by atoms with van der Waals surface area (Å²) < 4.78 is 2.98. The van der Waals surface area contributed by atoms with E-state index >= 15 is 0 Å². The number of halogens is 2. The first kappa shape index (κ1) is 14.9. The predicted molar refractivity (Wildman–Crippen MR) is 90.3 cm³/mol. The largest absolute Gasteiger partial charge is 0.349 e. The topological polar surface area (TPSA) is 30.7 Å². The van der Waals surface area contributed by atoms with Crippen LogP contribution in [0.15, 0.2) is 40.9 Å². The lowest BCUT2D eigenvalue weighted by Crippen LogP contribution is -1.87. The Balaban J connectivity index is 1.70. The number of hydrogen-bond acceptors (Lipinski definition) is 4. The Morgan fingerprint density at radius 1 is 1.19 bits per heavy atom. The molecule has 0 bridgehead atoms. The van der Waals surface area contributed by atoms with Crippen molar-refractivity contribution in [2.24, 2.45) is 7.05 Å². The van der Waals surface area contributed by atoms with Crippen molar-refractivity contribution in [3.8, 4) is 10.7 Å². The van der Waals surface area contributed by atoms with Crippen LogP contribution in [-0.2, 0) is 12.8 Å². The molecule has 0 amide bonds. The lowest BCUT2D eigenvalue weighted by Gasteiger charge is -2.01. The number of nitrogens with zero attached hydrogens (tertiary/aromatic N) is 3. The Morgan fingerprint density at radius 2 is 2.05 bits per heavy atom. The predicted octanol–water partition coefficient (Wildman–Crippen LogP) is 5.14. The highest BCUT2D eigenvalue weighted by molar-refractivity contribution is 8.00. The molecule has 2 heterocycles. The van der Waals surface area contributed by atoms with Crippen molar-refractivity contribution < 1.29 is 0 Å². The van der Waals surface area contributed by atoms with Gasteiger partial charge in [0.25, 0.3) is 0 Å². The summed E-state index contributed by atoms with van der Waals surface area (Å²) in [5, 5.41) is 10.6. The Bertz CT molecular complexity index is 767. The molecular weight excluding hydrogens is 345 g/mol. The molecule has 1 aromatic carbocycles. The van der Waals surface area contributed by atoms with Crippen LogP contribution in [0.25, 0.3) is 10.7 Å². The van der Waals surface area contributed by atoms with Crippen LogP contribution in [0.1, 0.15) is 5.56 Å². The molecule has 0 unspecified atom stereocenters. The van der Waals surface area contributed by atoms with E-state index in [0.717, 1.165) is 26.4 Å². The number of rotatable bonds is 4. The van der Waals surface area contributed by atoms with Gasteiger partial charge in [0.15, 0.2) is 9.35 Å². The van der Waals surface area contributed by atoms with Crippen LogP contribution in [0.3, 0.4) is 0 Å². The molecule has 3 nitrogen and oxygen atoms in total. The van der Waals surface area contributed by atoms with Crippen molar-refractivity contribution in [1.82, 2.24) is 14.8 Å². The maximum absolute atomic E-state index is 6.02. The molecule has 0 N–H and O–H groups in total. The van der Waals surface area contributed by atoms with Gasteiger partial charge in [0.05, 0.1) is 15.7 Å². The zero-order valence-electron chi connectivity index (χ0n) is 11.1. The summed E-state index contributed by atoms with van der Waals surface area (Å²) in [4.78, 5) is 0. The molecule has 21 heavy (non-hydrogen) atoms. The van der Waals surface area contributed by atoms with Gasteiger partial charge in [-0.25, -0.2) is 0 Å². The Morgan fingerprint density at radius 3 is 2.76 bits per heavy atom. The maximum atomic E-state index is 6.02. The molecule has 7 heteroatoms. The molecule has 0 aliphatic rings. The average Bonchev–Trinajstić information content (AvgIpc) is 3.08. The smallest absolute Gasteiger partial charge is 0.175 e. The highest BCUT2D eigenvalue weighted by atomic mass is 35.5. The van der Waals surface area contributed by atoms with Gasteiger partial charge in [-0.05, 0) is 29.8 Å². The second kappa shape index (κ2) is 6.40. The van der Waals surface area contributed by atoms with Crippen LogP contribution in [-0.4, -0.2) is 14.8 Å². The lowest BCUT2D eigenvalue weighted by atomic mass is 10.2. The zero-order chi connectivity index (χ0) is 14.8. The van der Waals surface area contributed by atoms with Crippen molar-refractivity contribution in [3.63, 3.8) is 0 Å². The number of thioether (sulfide) groups is 1. The molecule has 108 valence electrons. The van der Waals surface area contributed by atoms with Crippen LogP contribution in [0.4, 0.5) is 0 Å². The minimum absolute atomic E-state index is 0.576. The Hall–Kier alpha value is -1.01. The summed E-state index contributed by atoms with van der Waals surface area (Å²) in [7, 11) is 2.00. The van der Waals surface area contributed by atoms with Gasteiger partial charge in [-0.3, -0.25) is 0 Å². The summed E-state index contributed by atoms with van der Waals surface area (Å²) in [5.74, 6) is 0.790. The zero-order valence-corrected chi connectivity index (χ0v) is 14.2. The summed E-state index contributed by atoms with van der Waals surface area (Å²) >= 11 is 15.2. The SMILES string of the molecule is Cn1cccc1-c1nnc(SCc2ccc(Cl)c(Cl)c2)s1. The molecule has 0 aliphatic carbocycles. The number of benzene rings is 1. The third kappa shape index (κ3) is 3.43. The van der Waals surface area contributed by atoms with Crippen molar-refractivity contribution in [3.05, 3.63) is 52.1 Å². The minimum Gasteiger partial charge on any atom is -0.349 e. The summed E-state index contributed by atoms with van der Waals surface area (Å²) in [6, 6.07) is 9.71. The van der Waals surface area contributed by atoms with Gasteiger partial charge in [-0.2, -0.15) is 0 Å². The monoisotopic (exact) mass is 355 g/mol. The van der Waals surface area contributed by atoms with Crippen LogP contribution in [0, 0.1) is 0 Å². The number of aryl methyl sites for hydroxylation is 1. The first-order chi connectivity index (χ1) is 10.1. The third-order valence-corrected chi connectivity index (χ3v) is 5.80. The highest BCUT2D eigenvalue weighted by Crippen LogP contribution is 2.32. The van der Waals surface area contributed by atoms with Crippen LogP contribution < -0.4 is 0 Å². The van der Waals surface area contributed by atoms with Crippen molar-refractivity contribution in [2.45, 2.75) is 10.1 Å². The lowest BCUT2D eigenvalue weighted by molar-refractivity contribution is 0.924. The fraction of sp³-hybridized carbons (Fsp3) is 0.143. The third-order valence-electron chi connectivity index (χ3n) is 2.92. The molecule has 3 aromatic rings. The molecule has 2 aromatic heterocycles. The molecule has 0 fully saturated rings. The Labute approximate surface area is 140 Å². The van der Waals surface area contributed by atoms with Crippen LogP contribution in [0.5, 0.6) is 0 Å². The van der Waals surface area contributed by atoms with Crippen molar-refractivity contribution in [1.29, 1.82) is 0 Å². The van der Waals surface area contributed by atoms with E-state index in [-0.39, 0.29) is 0 Å². The van der Waals surface area contributed by atoms with E-state index in [2.05, 4.69) is 10.2 Å². The first-order valence-corrected chi connectivity index (χ1v) is 8.71. The van der Waals surface area contributed by atoms with E-state index in [1.807, 2.05) is 48.1 Å². The molecule has 0 aliphatic heterocycles. The maximum Gasteiger partial charge on any atom is 0.175 e. The quantitative estimate of drug-likeness (QED) is 0.606. The minimum atomic E-state index is 0.576. The molecule has 0 spiro atoms. The van der Waals surface area contributed by atoms with E-state index in [0.29, 0.717) is 10.0 Å². The second-order valence-corrected chi connectivity index (χ2v) is 7.43. The van der Waals surface area contributed by atoms with Gasteiger partial charge in [0, 0.05) is 19.0 Å². The van der Waals surface area contributed by atoms with Gasteiger partial charge >= 0.3 is 0 Å². The highest BCUT2D eigenvalue weighted by Gasteiger charge is 2.10. The normalized spacial score (nSPS) is 11.0. The number of aromatic nitrogens is 3. The van der Waals surface area contributed by atoms with E-state index in [1.54, 1.807) is 23.1 Å². The molecule has 0 atom stereocenters. The molecular formula is C14H11Cl2N3S2. The molecule has 0 radical (unpaired) electrons. The van der Waals surface area contributed by atoms with Crippen molar-refractivity contribution >= 4 is 46.3 Å². The summed E-state index contributed by atoms with van der Waals surface area (Å²) in [6.07, 6.45) is 2.00. The van der Waals surface area contributed by atoms with E-state index < -0.39 is 0 Å². The summed E-state index contributed by atoms with van der Waals surface area (Å²) in [6.45, 7) is 0. The standard InChI is InChI=1S/C14H11Cl2N3S2/c1-19-6-2-3-12(19)13-17-18-14(21-13)20-8-9-4-5-10(15)11(16)7-9/h2-7H,8H2,1H3. The van der Waals surface area contributed by atoms with Gasteiger partial charge < -0.3 is 4.57 Å². The van der Waals surface area contributed by atoms with Crippen LogP contribution >= 0.6 is 46.3 Å². The fourth-order valence-electron chi connectivity index (χ4n) is 1.83. The van der Waals surface area contributed by atoms with Crippen LogP contribution in [0.2, 0.25) is 10.0 Å². The molecule has 0 saturated carbocycles. The molecule has 0 saturated heterocycles. The van der Waals surface area contributed by atoms with Gasteiger partial charge in [0.1, 0.15) is 0 Å². The van der Waals surface area contributed by atoms with Gasteiger partial charge in [0.2, 0.25) is 0 Å². The van der Waals surface area contributed by atoms with Gasteiger partial charge in [-0.1, -0.05) is 52.4 Å². The average molecular weight is 356 g/mol. The van der Waals surface area contributed by atoms with E-state index in [4.69, 9.17) is 23.2 Å².